The second kappa shape index (κ2) is 7.42. The minimum Gasteiger partial charge on any atom is -0.392 e. The Labute approximate surface area is 130 Å². The number of benzene rings is 1. The van der Waals surface area contributed by atoms with E-state index in [0.29, 0.717) is 5.92 Å². The largest absolute Gasteiger partial charge is 0.392 e. The molecule has 2 rings (SSSR count). The van der Waals surface area contributed by atoms with Crippen LogP contribution in [0.2, 0.25) is 0 Å². The minimum atomic E-state index is -0.232. The number of likely N-dealkylation sites (tertiary alicyclic amines) is 1. The average Bonchev–Trinajstić information content (AvgIpc) is 2.47. The zero-order chi connectivity index (χ0) is 15.3. The van der Waals surface area contributed by atoms with Gasteiger partial charge in [-0.3, -0.25) is 0 Å². The third kappa shape index (κ3) is 4.55. The molecule has 2 heteroatoms. The van der Waals surface area contributed by atoms with Gasteiger partial charge in [0, 0.05) is 12.3 Å². The molecule has 21 heavy (non-hydrogen) atoms. The third-order valence-electron chi connectivity index (χ3n) is 5.18. The molecule has 1 aromatic carbocycles. The standard InChI is InChI=1S/C19H32NO/c1-16(2)19(17-10-6-4-7-11-17)18(21)12-15-20(3)13-8-5-9-14-20/h4,6-7,10-11,16,18-19,21H,5,8-9,12-15H2,1-3H3/q+1/t18-,19-/m0/s1. The Bertz CT molecular complexity index is 409. The predicted molar refractivity (Wildman–Crippen MR) is 89.3 cm³/mol. The van der Waals surface area contributed by atoms with Crippen LogP contribution in [0.25, 0.3) is 0 Å². The van der Waals surface area contributed by atoms with E-state index in [-0.39, 0.29) is 12.0 Å². The summed E-state index contributed by atoms with van der Waals surface area (Å²) in [5, 5.41) is 10.8. The van der Waals surface area contributed by atoms with Gasteiger partial charge in [0.05, 0.1) is 32.8 Å². The first-order valence-electron chi connectivity index (χ1n) is 8.58. The number of rotatable bonds is 6. The number of aliphatic hydroxyl groups is 1. The Kier molecular flexibility index (Phi) is 5.83. The molecule has 1 aliphatic rings. The van der Waals surface area contributed by atoms with Gasteiger partial charge in [-0.05, 0) is 30.7 Å². The van der Waals surface area contributed by atoms with E-state index in [1.807, 2.05) is 6.07 Å². The van der Waals surface area contributed by atoms with E-state index in [1.54, 1.807) is 0 Å². The lowest BCUT2D eigenvalue weighted by molar-refractivity contribution is -0.914. The summed E-state index contributed by atoms with van der Waals surface area (Å²) in [7, 11) is 2.36. The Morgan fingerprint density at radius 1 is 1.05 bits per heavy atom. The van der Waals surface area contributed by atoms with Gasteiger partial charge in [0.25, 0.3) is 0 Å². The number of hydrogen-bond acceptors (Lipinski definition) is 1. The zero-order valence-electron chi connectivity index (χ0n) is 14.0. The molecule has 0 aromatic heterocycles. The average molecular weight is 290 g/mol. The summed E-state index contributed by atoms with van der Waals surface area (Å²) in [6, 6.07) is 10.5. The van der Waals surface area contributed by atoms with Gasteiger partial charge in [-0.2, -0.15) is 0 Å². The number of nitrogens with zero attached hydrogens (tertiary/aromatic N) is 1. The van der Waals surface area contributed by atoms with Crippen molar-refractivity contribution in [2.45, 2.75) is 51.6 Å². The van der Waals surface area contributed by atoms with Crippen molar-refractivity contribution in [3.8, 4) is 0 Å². The molecule has 1 heterocycles. The Morgan fingerprint density at radius 2 is 1.67 bits per heavy atom. The summed E-state index contributed by atoms with van der Waals surface area (Å²) < 4.78 is 1.15. The lowest BCUT2D eigenvalue weighted by Gasteiger charge is -2.39. The van der Waals surface area contributed by atoms with E-state index in [1.165, 1.54) is 37.9 Å². The highest BCUT2D eigenvalue weighted by Crippen LogP contribution is 2.30. The molecule has 0 unspecified atom stereocenters. The van der Waals surface area contributed by atoms with Crippen LogP contribution in [0, 0.1) is 5.92 Å². The second-order valence-electron chi connectivity index (χ2n) is 7.39. The van der Waals surface area contributed by atoms with E-state index >= 15 is 0 Å². The van der Waals surface area contributed by atoms with Crippen LogP contribution >= 0.6 is 0 Å². The number of aliphatic hydroxyl groups excluding tert-OH is 1. The summed E-state index contributed by atoms with van der Waals surface area (Å²) in [5.74, 6) is 0.719. The zero-order valence-corrected chi connectivity index (χ0v) is 14.0. The minimum absolute atomic E-state index is 0.232. The summed E-state index contributed by atoms with van der Waals surface area (Å²) in [4.78, 5) is 0. The van der Waals surface area contributed by atoms with Crippen molar-refractivity contribution >= 4 is 0 Å². The van der Waals surface area contributed by atoms with E-state index < -0.39 is 0 Å². The smallest absolute Gasteiger partial charge is 0.0809 e. The van der Waals surface area contributed by atoms with Crippen molar-refractivity contribution in [1.82, 2.24) is 0 Å². The van der Waals surface area contributed by atoms with Gasteiger partial charge in [-0.25, -0.2) is 0 Å². The fourth-order valence-electron chi connectivity index (χ4n) is 3.85. The van der Waals surface area contributed by atoms with Crippen LogP contribution in [0.1, 0.15) is 51.0 Å². The van der Waals surface area contributed by atoms with Crippen molar-refractivity contribution in [2.75, 3.05) is 26.7 Å². The Hall–Kier alpha value is -0.860. The molecule has 118 valence electrons. The lowest BCUT2D eigenvalue weighted by atomic mass is 9.82. The molecule has 0 radical (unpaired) electrons. The molecule has 0 aliphatic carbocycles. The van der Waals surface area contributed by atoms with Gasteiger partial charge in [-0.15, -0.1) is 0 Å². The lowest BCUT2D eigenvalue weighted by Crippen LogP contribution is -2.49. The Balaban J connectivity index is 1.97. The fraction of sp³-hybridized carbons (Fsp3) is 0.684. The van der Waals surface area contributed by atoms with E-state index in [2.05, 4.69) is 45.2 Å². The normalized spacial score (nSPS) is 21.2. The van der Waals surface area contributed by atoms with E-state index in [4.69, 9.17) is 0 Å². The first-order chi connectivity index (χ1) is 10.0. The molecule has 1 aromatic rings. The summed E-state index contributed by atoms with van der Waals surface area (Å²) in [6.07, 6.45) is 4.75. The molecule has 1 aliphatic heterocycles. The molecule has 2 nitrogen and oxygen atoms in total. The maximum atomic E-state index is 10.8. The molecular formula is C19H32NO+. The molecule has 0 spiro atoms. The van der Waals surface area contributed by atoms with Crippen molar-refractivity contribution in [1.29, 1.82) is 0 Å². The van der Waals surface area contributed by atoms with Crippen LogP contribution in [-0.2, 0) is 0 Å². The highest BCUT2D eigenvalue weighted by atomic mass is 16.3. The van der Waals surface area contributed by atoms with Gasteiger partial charge in [0.15, 0.2) is 0 Å². The molecular weight excluding hydrogens is 258 g/mol. The second-order valence-corrected chi connectivity index (χ2v) is 7.39. The Morgan fingerprint density at radius 3 is 2.24 bits per heavy atom. The van der Waals surface area contributed by atoms with Gasteiger partial charge < -0.3 is 9.59 Å². The van der Waals surface area contributed by atoms with Crippen molar-refractivity contribution in [2.24, 2.45) is 5.92 Å². The van der Waals surface area contributed by atoms with Crippen LogP contribution < -0.4 is 0 Å². The van der Waals surface area contributed by atoms with Gasteiger partial charge >= 0.3 is 0 Å². The van der Waals surface area contributed by atoms with E-state index in [0.717, 1.165) is 17.4 Å². The molecule has 0 bridgehead atoms. The van der Waals surface area contributed by atoms with Crippen LogP contribution in [0.4, 0.5) is 0 Å². The van der Waals surface area contributed by atoms with E-state index in [9.17, 15) is 5.11 Å². The highest BCUT2D eigenvalue weighted by molar-refractivity contribution is 5.21. The van der Waals surface area contributed by atoms with Gasteiger partial charge in [-0.1, -0.05) is 44.2 Å². The van der Waals surface area contributed by atoms with Crippen LogP contribution in [-0.4, -0.2) is 42.4 Å². The monoisotopic (exact) mass is 290 g/mol. The number of quaternary nitrogens is 1. The van der Waals surface area contributed by atoms with Crippen LogP contribution in [0.5, 0.6) is 0 Å². The van der Waals surface area contributed by atoms with Crippen molar-refractivity contribution < 1.29 is 9.59 Å². The quantitative estimate of drug-likeness (QED) is 0.790. The van der Waals surface area contributed by atoms with Gasteiger partial charge in [0.1, 0.15) is 0 Å². The van der Waals surface area contributed by atoms with Gasteiger partial charge in [0.2, 0.25) is 0 Å². The van der Waals surface area contributed by atoms with Crippen molar-refractivity contribution in [3.05, 3.63) is 35.9 Å². The van der Waals surface area contributed by atoms with Crippen molar-refractivity contribution in [3.63, 3.8) is 0 Å². The highest BCUT2D eigenvalue weighted by Gasteiger charge is 2.29. The molecule has 1 N–H and O–H groups in total. The molecule has 2 atom stereocenters. The molecule has 1 saturated heterocycles. The first kappa shape index (κ1) is 16.5. The number of piperidine rings is 1. The number of hydrogen-bond donors (Lipinski definition) is 1. The SMILES string of the molecule is CC(C)[C@@H](c1ccccc1)[C@@H](O)CC[N+]1(C)CCCCC1. The topological polar surface area (TPSA) is 20.2 Å². The fourth-order valence-corrected chi connectivity index (χ4v) is 3.85. The summed E-state index contributed by atoms with van der Waals surface area (Å²) in [5.41, 5.74) is 1.28. The molecule has 1 fully saturated rings. The maximum Gasteiger partial charge on any atom is 0.0809 e. The molecule has 0 amide bonds. The third-order valence-corrected chi connectivity index (χ3v) is 5.18. The predicted octanol–water partition coefficient (Wildman–Crippen LogP) is 3.81. The summed E-state index contributed by atoms with van der Waals surface area (Å²) in [6.45, 7) is 8.11. The first-order valence-corrected chi connectivity index (χ1v) is 8.58. The summed E-state index contributed by atoms with van der Waals surface area (Å²) >= 11 is 0. The van der Waals surface area contributed by atoms with Crippen LogP contribution in [0.3, 0.4) is 0 Å². The maximum absolute atomic E-state index is 10.8. The molecule has 0 saturated carbocycles. The van der Waals surface area contributed by atoms with Crippen LogP contribution in [0.15, 0.2) is 30.3 Å².